The van der Waals surface area contributed by atoms with Gasteiger partial charge >= 0.3 is 6.09 Å². The van der Waals surface area contributed by atoms with E-state index in [0.717, 1.165) is 0 Å². The van der Waals surface area contributed by atoms with Gasteiger partial charge in [-0.15, -0.1) is 0 Å². The molecule has 0 aliphatic heterocycles. The lowest BCUT2D eigenvalue weighted by molar-refractivity contribution is -0.110. The standard InChI is InChI=1S/C20H22N6O4/c1-12(2)26(20(28)29)10-13-5-3-6-14(23-13)18(22-11-27)16-9-15(24-19(21)25-16)17-7-4-8-30-17/h3-9,11-12,18H,10H2,1-2H3,(H,22,27)(H,28,29)(H2,21,24,25). The van der Waals surface area contributed by atoms with Crippen LogP contribution in [0, 0.1) is 0 Å². The number of anilines is 1. The Bertz CT molecular complexity index is 1020. The molecule has 10 nitrogen and oxygen atoms in total. The number of nitrogens with two attached hydrogens (primary N) is 1. The van der Waals surface area contributed by atoms with Gasteiger partial charge in [-0.2, -0.15) is 0 Å². The van der Waals surface area contributed by atoms with Crippen LogP contribution in [0.15, 0.2) is 47.1 Å². The van der Waals surface area contributed by atoms with Gasteiger partial charge in [-0.25, -0.2) is 14.8 Å². The summed E-state index contributed by atoms with van der Waals surface area (Å²) in [6.07, 6.45) is 1.02. The number of carbonyl (C=O) groups is 2. The fourth-order valence-corrected chi connectivity index (χ4v) is 2.97. The van der Waals surface area contributed by atoms with Crippen molar-refractivity contribution < 1.29 is 19.1 Å². The second-order valence-electron chi connectivity index (χ2n) is 6.79. The highest BCUT2D eigenvalue weighted by atomic mass is 16.4. The maximum atomic E-state index is 11.5. The van der Waals surface area contributed by atoms with Crippen LogP contribution in [-0.4, -0.2) is 43.5 Å². The van der Waals surface area contributed by atoms with Crippen LogP contribution in [0.3, 0.4) is 0 Å². The van der Waals surface area contributed by atoms with E-state index < -0.39 is 12.1 Å². The summed E-state index contributed by atoms with van der Waals surface area (Å²) < 4.78 is 5.37. The Hall–Kier alpha value is -3.95. The van der Waals surface area contributed by atoms with Crippen LogP contribution in [0.2, 0.25) is 0 Å². The number of nitrogens with one attached hydrogen (secondary N) is 1. The molecular weight excluding hydrogens is 388 g/mol. The summed E-state index contributed by atoms with van der Waals surface area (Å²) in [5, 5.41) is 12.1. The molecule has 4 N–H and O–H groups in total. The maximum Gasteiger partial charge on any atom is 0.407 e. The summed E-state index contributed by atoms with van der Waals surface area (Å²) in [7, 11) is 0. The lowest BCUT2D eigenvalue weighted by Crippen LogP contribution is -2.35. The van der Waals surface area contributed by atoms with Gasteiger partial charge in [0, 0.05) is 6.04 Å². The maximum absolute atomic E-state index is 11.5. The lowest BCUT2D eigenvalue weighted by Gasteiger charge is -2.23. The highest BCUT2D eigenvalue weighted by molar-refractivity contribution is 5.65. The van der Waals surface area contributed by atoms with E-state index in [-0.39, 0.29) is 18.5 Å². The molecule has 30 heavy (non-hydrogen) atoms. The smallest absolute Gasteiger partial charge is 0.407 e. The van der Waals surface area contributed by atoms with Gasteiger partial charge in [0.15, 0.2) is 5.76 Å². The van der Waals surface area contributed by atoms with Gasteiger partial charge in [-0.3, -0.25) is 9.78 Å². The van der Waals surface area contributed by atoms with Crippen LogP contribution in [0.4, 0.5) is 10.7 Å². The highest BCUT2D eigenvalue weighted by Crippen LogP contribution is 2.25. The Balaban J connectivity index is 1.98. The molecule has 0 aliphatic carbocycles. The van der Waals surface area contributed by atoms with Crippen LogP contribution in [0.25, 0.3) is 11.5 Å². The summed E-state index contributed by atoms with van der Waals surface area (Å²) in [6.45, 7) is 3.68. The second kappa shape index (κ2) is 9.03. The van der Waals surface area contributed by atoms with E-state index in [4.69, 9.17) is 10.2 Å². The third-order valence-electron chi connectivity index (χ3n) is 4.39. The molecular formula is C20H22N6O4. The van der Waals surface area contributed by atoms with Crippen molar-refractivity contribution in [2.75, 3.05) is 5.73 Å². The van der Waals surface area contributed by atoms with Crippen molar-refractivity contribution in [3.63, 3.8) is 0 Å². The largest absolute Gasteiger partial charge is 0.465 e. The van der Waals surface area contributed by atoms with Crippen LogP contribution in [-0.2, 0) is 11.3 Å². The first-order chi connectivity index (χ1) is 14.4. The van der Waals surface area contributed by atoms with Crippen LogP contribution in [0.5, 0.6) is 0 Å². The van der Waals surface area contributed by atoms with Gasteiger partial charge in [0.05, 0.1) is 29.9 Å². The number of nitrogen functional groups attached to an aromatic ring is 1. The number of nitrogens with zero attached hydrogens (tertiary/aromatic N) is 4. The van der Waals surface area contributed by atoms with E-state index in [9.17, 15) is 14.7 Å². The molecule has 0 saturated heterocycles. The predicted octanol–water partition coefficient (Wildman–Crippen LogP) is 2.44. The monoisotopic (exact) mass is 410 g/mol. The number of carboxylic acid groups (broad SMARTS) is 1. The molecule has 3 aromatic rings. The number of hydrogen-bond donors (Lipinski definition) is 3. The highest BCUT2D eigenvalue weighted by Gasteiger charge is 2.21. The van der Waals surface area contributed by atoms with Gasteiger partial charge in [-0.1, -0.05) is 6.07 Å². The number of amides is 2. The molecule has 0 saturated carbocycles. The van der Waals surface area contributed by atoms with E-state index in [0.29, 0.717) is 34.9 Å². The van der Waals surface area contributed by atoms with Gasteiger partial charge in [-0.05, 0) is 44.2 Å². The van der Waals surface area contributed by atoms with Gasteiger partial charge in [0.1, 0.15) is 11.7 Å². The Morgan fingerprint density at radius 2 is 2.03 bits per heavy atom. The zero-order valence-electron chi connectivity index (χ0n) is 16.5. The molecule has 156 valence electrons. The first kappa shape index (κ1) is 20.8. The number of aromatic nitrogens is 3. The summed E-state index contributed by atoms with van der Waals surface area (Å²) in [5.41, 5.74) is 7.77. The summed E-state index contributed by atoms with van der Waals surface area (Å²) >= 11 is 0. The zero-order chi connectivity index (χ0) is 21.7. The molecule has 1 unspecified atom stereocenters. The molecule has 0 aromatic carbocycles. The summed E-state index contributed by atoms with van der Waals surface area (Å²) in [5.74, 6) is 0.524. The molecule has 2 amide bonds. The number of rotatable bonds is 8. The topological polar surface area (TPSA) is 147 Å². The molecule has 0 aliphatic rings. The molecule has 10 heteroatoms. The van der Waals surface area contributed by atoms with Gasteiger partial charge in [0.25, 0.3) is 0 Å². The SMILES string of the molecule is CC(C)N(Cc1cccc(C(NC=O)c2cc(-c3ccco3)nc(N)n2)n1)C(=O)O. The number of hydrogen-bond acceptors (Lipinski definition) is 7. The Morgan fingerprint density at radius 3 is 2.67 bits per heavy atom. The molecule has 0 spiro atoms. The van der Waals surface area contributed by atoms with Crippen molar-refractivity contribution in [1.82, 2.24) is 25.2 Å². The van der Waals surface area contributed by atoms with Gasteiger partial charge in [0.2, 0.25) is 12.4 Å². The Morgan fingerprint density at radius 1 is 1.23 bits per heavy atom. The van der Waals surface area contributed by atoms with Crippen molar-refractivity contribution in [1.29, 1.82) is 0 Å². The zero-order valence-corrected chi connectivity index (χ0v) is 16.5. The fraction of sp³-hybridized carbons (Fsp3) is 0.250. The second-order valence-corrected chi connectivity index (χ2v) is 6.79. The third kappa shape index (κ3) is 4.72. The molecule has 0 bridgehead atoms. The van der Waals surface area contributed by atoms with Crippen molar-refractivity contribution in [2.24, 2.45) is 0 Å². The van der Waals surface area contributed by atoms with Crippen molar-refractivity contribution in [2.45, 2.75) is 32.5 Å². The summed E-state index contributed by atoms with van der Waals surface area (Å²) in [6, 6.07) is 9.38. The minimum absolute atomic E-state index is 0.0182. The molecule has 0 radical (unpaired) electrons. The minimum Gasteiger partial charge on any atom is -0.465 e. The van der Waals surface area contributed by atoms with Crippen molar-refractivity contribution in [3.05, 3.63) is 59.7 Å². The normalized spacial score (nSPS) is 11.8. The van der Waals surface area contributed by atoms with E-state index in [1.165, 1.54) is 11.2 Å². The van der Waals surface area contributed by atoms with Crippen molar-refractivity contribution >= 4 is 18.5 Å². The lowest BCUT2D eigenvalue weighted by atomic mass is 10.1. The first-order valence-corrected chi connectivity index (χ1v) is 9.22. The van der Waals surface area contributed by atoms with E-state index in [2.05, 4.69) is 20.3 Å². The molecule has 0 fully saturated rings. The number of carbonyl (C=O) groups excluding carboxylic acids is 1. The minimum atomic E-state index is -1.04. The van der Waals surface area contributed by atoms with Gasteiger partial charge < -0.3 is 25.5 Å². The molecule has 3 aromatic heterocycles. The van der Waals surface area contributed by atoms with E-state index in [1.54, 1.807) is 50.2 Å². The first-order valence-electron chi connectivity index (χ1n) is 9.22. The number of furan rings is 1. The molecule has 3 heterocycles. The predicted molar refractivity (Wildman–Crippen MR) is 108 cm³/mol. The summed E-state index contributed by atoms with van der Waals surface area (Å²) in [4.78, 5) is 37.0. The van der Waals surface area contributed by atoms with Crippen LogP contribution in [0.1, 0.15) is 37.0 Å². The average Bonchev–Trinajstić information content (AvgIpc) is 3.24. The molecule has 1 atom stereocenters. The molecule has 3 rings (SSSR count). The third-order valence-corrected chi connectivity index (χ3v) is 4.39. The Labute approximate surface area is 172 Å². The van der Waals surface area contributed by atoms with E-state index in [1.807, 2.05) is 0 Å². The fourth-order valence-electron chi connectivity index (χ4n) is 2.97. The van der Waals surface area contributed by atoms with E-state index >= 15 is 0 Å². The average molecular weight is 410 g/mol. The van der Waals surface area contributed by atoms with Crippen LogP contribution >= 0.6 is 0 Å². The van der Waals surface area contributed by atoms with Crippen LogP contribution < -0.4 is 11.1 Å². The quantitative estimate of drug-likeness (QED) is 0.480. The van der Waals surface area contributed by atoms with Crippen molar-refractivity contribution in [3.8, 4) is 11.5 Å². The Kier molecular flexibility index (Phi) is 6.26. The number of pyridine rings is 1.